The lowest BCUT2D eigenvalue weighted by Crippen LogP contribution is -2.15. The number of anilines is 1. The van der Waals surface area contributed by atoms with E-state index in [4.69, 9.17) is 9.47 Å². The van der Waals surface area contributed by atoms with Gasteiger partial charge in [0.25, 0.3) is 0 Å². The first-order valence-electron chi connectivity index (χ1n) is 7.16. The third-order valence-electron chi connectivity index (χ3n) is 3.40. The van der Waals surface area contributed by atoms with Gasteiger partial charge in [-0.05, 0) is 23.8 Å². The molecule has 2 aromatic rings. The van der Waals surface area contributed by atoms with E-state index in [0.29, 0.717) is 31.2 Å². The molecule has 0 amide bonds. The Hall–Kier alpha value is -2.26. The molecule has 9 heteroatoms. The van der Waals surface area contributed by atoms with Crippen molar-refractivity contribution in [2.45, 2.75) is 18.9 Å². The van der Waals surface area contributed by atoms with Crippen LogP contribution in [0.25, 0.3) is 5.65 Å². The summed E-state index contributed by atoms with van der Waals surface area (Å²) >= 11 is 0. The molecule has 1 fully saturated rings. The molecule has 0 saturated carbocycles. The third-order valence-corrected chi connectivity index (χ3v) is 3.40. The smallest absolute Gasteiger partial charge is 0.368 e. The van der Waals surface area contributed by atoms with E-state index in [0.717, 1.165) is 19.4 Å². The van der Waals surface area contributed by atoms with Crippen LogP contribution in [0.5, 0.6) is 0 Å². The lowest BCUT2D eigenvalue weighted by molar-refractivity contribution is -0.391. The predicted molar refractivity (Wildman–Crippen MR) is 77.9 cm³/mol. The first-order valence-corrected chi connectivity index (χ1v) is 7.16. The molecule has 1 aliphatic heterocycles. The summed E-state index contributed by atoms with van der Waals surface area (Å²) in [6, 6.07) is 3.44. The summed E-state index contributed by atoms with van der Waals surface area (Å²) in [4.78, 5) is 14.3. The van der Waals surface area contributed by atoms with Crippen LogP contribution in [0.3, 0.4) is 0 Å². The zero-order chi connectivity index (χ0) is 15.4. The van der Waals surface area contributed by atoms with Crippen LogP contribution in [0.1, 0.15) is 12.8 Å². The Morgan fingerprint density at radius 1 is 1.55 bits per heavy atom. The van der Waals surface area contributed by atoms with Crippen molar-refractivity contribution in [3.8, 4) is 0 Å². The highest BCUT2D eigenvalue weighted by molar-refractivity contribution is 5.48. The Kier molecular flexibility index (Phi) is 4.45. The number of hydrogen-bond donors (Lipinski definition) is 1. The van der Waals surface area contributed by atoms with Gasteiger partial charge in [-0.3, -0.25) is 0 Å². The summed E-state index contributed by atoms with van der Waals surface area (Å²) < 4.78 is 12.1. The Bertz CT molecular complexity index is 653. The molecule has 2 aromatic heterocycles. The standard InChI is InChI=1S/C13H17N5O4/c19-18(20)13-8-15-12-3-2-11(16-17(12)13)14-5-1-6-22-10-4-7-21-9-10/h2-3,8,10H,1,4-7,9H2,(H,14,16). The summed E-state index contributed by atoms with van der Waals surface area (Å²) in [5, 5.41) is 18.2. The van der Waals surface area contributed by atoms with Gasteiger partial charge in [-0.2, -0.15) is 0 Å². The van der Waals surface area contributed by atoms with Crippen LogP contribution < -0.4 is 5.32 Å². The van der Waals surface area contributed by atoms with Crippen molar-refractivity contribution in [1.29, 1.82) is 0 Å². The van der Waals surface area contributed by atoms with Crippen molar-refractivity contribution in [1.82, 2.24) is 14.6 Å². The molecule has 0 aliphatic carbocycles. The third kappa shape index (κ3) is 3.31. The quantitative estimate of drug-likeness (QED) is 0.466. The van der Waals surface area contributed by atoms with Crippen LogP contribution >= 0.6 is 0 Å². The SMILES string of the molecule is O=[N+]([O-])c1cnc2ccc(NCCCOC3CCOC3)nn12. The molecule has 3 heterocycles. The summed E-state index contributed by atoms with van der Waals surface area (Å²) in [7, 11) is 0. The fourth-order valence-corrected chi connectivity index (χ4v) is 2.26. The van der Waals surface area contributed by atoms with Crippen LogP contribution in [0.15, 0.2) is 18.3 Å². The van der Waals surface area contributed by atoms with Crippen LogP contribution in [0.2, 0.25) is 0 Å². The highest BCUT2D eigenvalue weighted by Crippen LogP contribution is 2.14. The molecule has 1 saturated heterocycles. The van der Waals surface area contributed by atoms with Gasteiger partial charge in [0.15, 0.2) is 5.82 Å². The molecular formula is C13H17N5O4. The lowest BCUT2D eigenvalue weighted by atomic mass is 10.3. The van der Waals surface area contributed by atoms with Crippen LogP contribution in [-0.4, -0.2) is 52.0 Å². The lowest BCUT2D eigenvalue weighted by Gasteiger charge is -2.09. The number of hydrogen-bond acceptors (Lipinski definition) is 7. The molecule has 1 unspecified atom stereocenters. The van der Waals surface area contributed by atoms with E-state index >= 15 is 0 Å². The second kappa shape index (κ2) is 6.67. The van der Waals surface area contributed by atoms with Crippen LogP contribution in [0.4, 0.5) is 11.6 Å². The van der Waals surface area contributed by atoms with Crippen molar-refractivity contribution in [3.63, 3.8) is 0 Å². The minimum atomic E-state index is -0.506. The second-order valence-electron chi connectivity index (χ2n) is 5.00. The maximum absolute atomic E-state index is 10.9. The Morgan fingerprint density at radius 3 is 3.23 bits per heavy atom. The molecule has 118 valence electrons. The molecule has 1 atom stereocenters. The number of nitrogens with one attached hydrogen (secondary N) is 1. The number of rotatable bonds is 7. The maximum atomic E-state index is 10.9. The Balaban J connectivity index is 1.50. The minimum Gasteiger partial charge on any atom is -0.379 e. The Labute approximate surface area is 126 Å². The summed E-state index contributed by atoms with van der Waals surface area (Å²) in [6.45, 7) is 2.77. The van der Waals surface area contributed by atoms with E-state index in [-0.39, 0.29) is 11.9 Å². The molecule has 0 spiro atoms. The van der Waals surface area contributed by atoms with Crippen molar-refractivity contribution in [2.24, 2.45) is 0 Å². The topological polar surface area (TPSA) is 104 Å². The summed E-state index contributed by atoms with van der Waals surface area (Å²) in [5.74, 6) is 0.418. The summed E-state index contributed by atoms with van der Waals surface area (Å²) in [5.41, 5.74) is 0.446. The first kappa shape index (κ1) is 14.7. The fraction of sp³-hybridized carbons (Fsp3) is 0.538. The zero-order valence-electron chi connectivity index (χ0n) is 12.0. The van der Waals surface area contributed by atoms with Gasteiger partial charge in [-0.1, -0.05) is 9.61 Å². The average molecular weight is 307 g/mol. The van der Waals surface area contributed by atoms with E-state index in [1.54, 1.807) is 12.1 Å². The molecule has 9 nitrogen and oxygen atoms in total. The van der Waals surface area contributed by atoms with Gasteiger partial charge >= 0.3 is 5.82 Å². The molecular weight excluding hydrogens is 290 g/mol. The number of nitrogens with zero attached hydrogens (tertiary/aromatic N) is 4. The zero-order valence-corrected chi connectivity index (χ0v) is 12.0. The van der Waals surface area contributed by atoms with Crippen molar-refractivity contribution in [3.05, 3.63) is 28.4 Å². The van der Waals surface area contributed by atoms with Crippen LogP contribution in [-0.2, 0) is 9.47 Å². The molecule has 1 N–H and O–H groups in total. The molecule has 3 rings (SSSR count). The van der Waals surface area contributed by atoms with E-state index in [1.165, 1.54) is 10.7 Å². The highest BCUT2D eigenvalue weighted by atomic mass is 16.6. The van der Waals surface area contributed by atoms with E-state index in [1.807, 2.05) is 0 Å². The van der Waals surface area contributed by atoms with Gasteiger partial charge in [-0.25, -0.2) is 4.98 Å². The number of ether oxygens (including phenoxy) is 2. The first-order chi connectivity index (χ1) is 10.7. The summed E-state index contributed by atoms with van der Waals surface area (Å²) in [6.07, 6.45) is 3.19. The number of fused-ring (bicyclic) bond motifs is 1. The van der Waals surface area contributed by atoms with Gasteiger partial charge in [0.2, 0.25) is 5.65 Å². The monoisotopic (exact) mass is 307 g/mol. The fourth-order valence-electron chi connectivity index (χ4n) is 2.26. The van der Waals surface area contributed by atoms with Gasteiger partial charge in [0.1, 0.15) is 6.20 Å². The number of aromatic nitrogens is 3. The van der Waals surface area contributed by atoms with Crippen LogP contribution in [0, 0.1) is 10.1 Å². The van der Waals surface area contributed by atoms with Gasteiger partial charge in [0.05, 0.1) is 12.7 Å². The van der Waals surface area contributed by atoms with Gasteiger partial charge in [-0.15, -0.1) is 0 Å². The largest absolute Gasteiger partial charge is 0.379 e. The molecule has 22 heavy (non-hydrogen) atoms. The maximum Gasteiger partial charge on any atom is 0.368 e. The molecule has 1 aliphatic rings. The second-order valence-corrected chi connectivity index (χ2v) is 5.00. The predicted octanol–water partition coefficient (Wildman–Crippen LogP) is 1.24. The van der Waals surface area contributed by atoms with E-state index in [2.05, 4.69) is 15.4 Å². The number of nitro groups is 1. The highest BCUT2D eigenvalue weighted by Gasteiger charge is 2.16. The normalized spacial score (nSPS) is 17.9. The minimum absolute atomic E-state index is 0.150. The van der Waals surface area contributed by atoms with Crippen molar-refractivity contribution >= 4 is 17.3 Å². The molecule has 0 aromatic carbocycles. The van der Waals surface area contributed by atoms with E-state index in [9.17, 15) is 10.1 Å². The van der Waals surface area contributed by atoms with Gasteiger partial charge < -0.3 is 24.9 Å². The van der Waals surface area contributed by atoms with E-state index < -0.39 is 4.92 Å². The van der Waals surface area contributed by atoms with Crippen molar-refractivity contribution in [2.75, 3.05) is 31.7 Å². The average Bonchev–Trinajstić information content (AvgIpc) is 3.15. The molecule has 0 bridgehead atoms. The number of imidazole rings is 1. The Morgan fingerprint density at radius 2 is 2.45 bits per heavy atom. The van der Waals surface area contributed by atoms with Crippen molar-refractivity contribution < 1.29 is 14.4 Å². The molecule has 0 radical (unpaired) electrons. The van der Waals surface area contributed by atoms with Gasteiger partial charge in [0, 0.05) is 25.8 Å².